The number of nitrogens with one attached hydrogen (secondary N) is 1. The number of benzene rings is 4. The third-order valence-electron chi connectivity index (χ3n) is 7.43. The summed E-state index contributed by atoms with van der Waals surface area (Å²) in [6, 6.07) is 29.4. The number of carbonyl (C=O) groups is 2. The highest BCUT2D eigenvalue weighted by Crippen LogP contribution is 2.28. The minimum atomic E-state index is -1.74. The first-order valence-electron chi connectivity index (χ1n) is 13.9. The van der Waals surface area contributed by atoms with E-state index in [1.54, 1.807) is 48.5 Å². The molecule has 0 saturated carbocycles. The van der Waals surface area contributed by atoms with E-state index < -0.39 is 23.9 Å². The van der Waals surface area contributed by atoms with Crippen molar-refractivity contribution in [2.24, 2.45) is 4.99 Å². The van der Waals surface area contributed by atoms with Crippen LogP contribution in [0.1, 0.15) is 41.2 Å². The van der Waals surface area contributed by atoms with E-state index >= 15 is 0 Å². The predicted molar refractivity (Wildman–Crippen MR) is 160 cm³/mol. The van der Waals surface area contributed by atoms with Crippen molar-refractivity contribution in [2.45, 2.75) is 37.6 Å². The molecule has 1 saturated heterocycles. The van der Waals surface area contributed by atoms with Gasteiger partial charge in [0.2, 0.25) is 5.91 Å². The summed E-state index contributed by atoms with van der Waals surface area (Å²) in [5.74, 6) is -2.30. The fourth-order valence-corrected chi connectivity index (χ4v) is 5.33. The summed E-state index contributed by atoms with van der Waals surface area (Å²) < 4.78 is 14.5. The molecule has 1 aliphatic heterocycles. The number of aliphatic carboxylic acids is 1. The highest BCUT2D eigenvalue weighted by atomic mass is 19.1. The molecule has 1 heterocycles. The highest BCUT2D eigenvalue weighted by molar-refractivity contribution is 6.17. The number of likely N-dealkylation sites (tertiary alicyclic amines) is 1. The number of para-hydroxylation sites is 1. The predicted octanol–water partition coefficient (Wildman–Crippen LogP) is 5.45. The molecule has 42 heavy (non-hydrogen) atoms. The van der Waals surface area contributed by atoms with Gasteiger partial charge >= 0.3 is 5.97 Å². The molecule has 1 aliphatic rings. The molecule has 3 N–H and O–H groups in total. The molecule has 214 valence electrons. The molecule has 8 heteroatoms. The molecule has 0 aliphatic carbocycles. The largest absolute Gasteiger partial charge is 0.480 e. The summed E-state index contributed by atoms with van der Waals surface area (Å²) in [4.78, 5) is 32.7. The van der Waals surface area contributed by atoms with Crippen LogP contribution in [0.15, 0.2) is 114 Å². The van der Waals surface area contributed by atoms with Crippen molar-refractivity contribution < 1.29 is 24.2 Å². The number of hydrogen-bond acceptors (Lipinski definition) is 5. The summed E-state index contributed by atoms with van der Waals surface area (Å²) in [7, 11) is 0. The minimum Gasteiger partial charge on any atom is -0.480 e. The van der Waals surface area contributed by atoms with E-state index in [0.717, 1.165) is 31.0 Å². The maximum absolute atomic E-state index is 14.5. The lowest BCUT2D eigenvalue weighted by Gasteiger charge is -2.24. The quantitative estimate of drug-likeness (QED) is 0.222. The smallest absolute Gasteiger partial charge is 0.331 e. The van der Waals surface area contributed by atoms with Crippen molar-refractivity contribution in [1.82, 2.24) is 4.90 Å². The number of rotatable bonds is 10. The zero-order valence-electron chi connectivity index (χ0n) is 22.9. The number of amides is 1. The van der Waals surface area contributed by atoms with Crippen molar-refractivity contribution in [3.05, 3.63) is 137 Å². The lowest BCUT2D eigenvalue weighted by atomic mass is 9.97. The Balaban J connectivity index is 1.49. The maximum atomic E-state index is 14.5. The Bertz CT molecular complexity index is 1560. The van der Waals surface area contributed by atoms with E-state index in [0.29, 0.717) is 23.4 Å². The van der Waals surface area contributed by atoms with E-state index in [9.17, 15) is 24.2 Å². The van der Waals surface area contributed by atoms with Gasteiger partial charge in [-0.05, 0) is 37.1 Å². The van der Waals surface area contributed by atoms with E-state index in [4.69, 9.17) is 0 Å². The number of nitrogens with zero attached hydrogens (tertiary/aromatic N) is 2. The molecule has 4 aromatic carbocycles. The van der Waals surface area contributed by atoms with Crippen LogP contribution in [0.4, 0.5) is 10.1 Å². The number of hydrogen-bond donors (Lipinski definition) is 3. The number of carboxylic acid groups (broad SMARTS) is 1. The zero-order chi connectivity index (χ0) is 29.5. The summed E-state index contributed by atoms with van der Waals surface area (Å²) in [6.07, 6.45) is -0.123. The van der Waals surface area contributed by atoms with Gasteiger partial charge in [0.15, 0.2) is 6.04 Å². The van der Waals surface area contributed by atoms with Gasteiger partial charge in [-0.1, -0.05) is 97.1 Å². The highest BCUT2D eigenvalue weighted by Gasteiger charge is 2.33. The van der Waals surface area contributed by atoms with E-state index in [-0.39, 0.29) is 23.2 Å². The fraction of sp³-hybridized carbons (Fsp3) is 0.206. The summed E-state index contributed by atoms with van der Waals surface area (Å²) in [5.41, 5.74) is 2.74. The molecular formula is C34H32FN3O4. The lowest BCUT2D eigenvalue weighted by molar-refractivity contribution is -0.141. The molecule has 5 rings (SSSR count). The molecule has 1 amide bonds. The summed E-state index contributed by atoms with van der Waals surface area (Å²) in [5, 5.41) is 24.1. The molecule has 0 spiro atoms. The second-order valence-electron chi connectivity index (χ2n) is 10.2. The van der Waals surface area contributed by atoms with Crippen LogP contribution in [0.3, 0.4) is 0 Å². The Morgan fingerprint density at radius 1 is 0.905 bits per heavy atom. The van der Waals surface area contributed by atoms with Crippen molar-refractivity contribution >= 4 is 23.3 Å². The van der Waals surface area contributed by atoms with Crippen LogP contribution >= 0.6 is 0 Å². The normalized spacial score (nSPS) is 17.0. The maximum Gasteiger partial charge on any atom is 0.331 e. The molecule has 7 nitrogen and oxygen atoms in total. The number of aliphatic hydroxyl groups is 1. The van der Waals surface area contributed by atoms with Crippen LogP contribution in [0.2, 0.25) is 0 Å². The van der Waals surface area contributed by atoms with Gasteiger partial charge in [-0.15, -0.1) is 0 Å². The van der Waals surface area contributed by atoms with Crippen LogP contribution in [-0.4, -0.2) is 51.3 Å². The Hall–Kier alpha value is -4.66. The molecule has 4 aromatic rings. The van der Waals surface area contributed by atoms with Crippen LogP contribution in [0.5, 0.6) is 0 Å². The zero-order valence-corrected chi connectivity index (χ0v) is 22.9. The number of halogens is 1. The SMILES string of the molecule is O=C(O)[C@H](N=C(c1ccccc1)c1ccccc1NC(=O)[C@@H]1CCCN1Cc1ccccc1)[C@H](O)c1ccccc1F. The van der Waals surface area contributed by atoms with Crippen molar-refractivity contribution in [3.63, 3.8) is 0 Å². The van der Waals surface area contributed by atoms with Crippen molar-refractivity contribution in [2.75, 3.05) is 11.9 Å². The average molecular weight is 566 g/mol. The van der Waals surface area contributed by atoms with Crippen LogP contribution in [0, 0.1) is 5.82 Å². The van der Waals surface area contributed by atoms with Gasteiger partial charge in [-0.2, -0.15) is 0 Å². The molecule has 1 fully saturated rings. The molecule has 3 atom stereocenters. The van der Waals surface area contributed by atoms with E-state index in [1.807, 2.05) is 36.4 Å². The van der Waals surface area contributed by atoms with Gasteiger partial charge in [0, 0.05) is 23.2 Å². The number of carboxylic acids is 1. The lowest BCUT2D eigenvalue weighted by Crippen LogP contribution is -2.39. The Labute approximate surface area is 244 Å². The van der Waals surface area contributed by atoms with Crippen LogP contribution in [-0.2, 0) is 16.1 Å². The summed E-state index contributed by atoms with van der Waals surface area (Å²) >= 11 is 0. The first kappa shape index (κ1) is 28.9. The molecule has 0 bridgehead atoms. The van der Waals surface area contributed by atoms with Gasteiger partial charge in [0.25, 0.3) is 0 Å². The second-order valence-corrected chi connectivity index (χ2v) is 10.2. The van der Waals surface area contributed by atoms with Gasteiger partial charge < -0.3 is 15.5 Å². The standard InChI is InChI=1S/C34H32FN3O4/c35-27-18-9-7-16-25(27)32(39)31(34(41)42)37-30(24-14-5-2-6-15-24)26-17-8-10-19-28(26)36-33(40)29-20-11-21-38(29)22-23-12-3-1-4-13-23/h1-10,12-19,29,31-32,39H,11,20-22H2,(H,36,40)(H,41,42)/t29-,31+,32+/m0/s1. The minimum absolute atomic E-state index is 0.163. The fourth-order valence-electron chi connectivity index (χ4n) is 5.33. The third-order valence-corrected chi connectivity index (χ3v) is 7.43. The first-order valence-corrected chi connectivity index (χ1v) is 13.9. The number of anilines is 1. The number of aliphatic imine (C=N–C) groups is 1. The molecule has 0 unspecified atom stereocenters. The topological polar surface area (TPSA) is 102 Å². The average Bonchev–Trinajstić information content (AvgIpc) is 3.47. The summed E-state index contributed by atoms with van der Waals surface area (Å²) in [6.45, 7) is 1.46. The van der Waals surface area contributed by atoms with Crippen LogP contribution in [0.25, 0.3) is 0 Å². The number of aliphatic hydroxyl groups excluding tert-OH is 1. The first-order chi connectivity index (χ1) is 20.4. The van der Waals surface area contributed by atoms with E-state index in [1.165, 1.54) is 18.2 Å². The van der Waals surface area contributed by atoms with E-state index in [2.05, 4.69) is 15.2 Å². The van der Waals surface area contributed by atoms with Crippen LogP contribution < -0.4 is 5.32 Å². The van der Waals surface area contributed by atoms with Gasteiger partial charge in [-0.25, -0.2) is 9.18 Å². The third kappa shape index (κ3) is 6.62. The monoisotopic (exact) mass is 565 g/mol. The van der Waals surface area contributed by atoms with Gasteiger partial charge in [-0.3, -0.25) is 14.7 Å². The van der Waals surface area contributed by atoms with Crippen molar-refractivity contribution in [1.29, 1.82) is 0 Å². The molecule has 0 aromatic heterocycles. The van der Waals surface area contributed by atoms with Crippen molar-refractivity contribution in [3.8, 4) is 0 Å². The Morgan fingerprint density at radius 2 is 1.55 bits per heavy atom. The van der Waals surface area contributed by atoms with Gasteiger partial charge in [0.05, 0.1) is 17.4 Å². The Morgan fingerprint density at radius 3 is 2.26 bits per heavy atom. The molecular weight excluding hydrogens is 533 g/mol. The molecule has 0 radical (unpaired) electrons. The Kier molecular flexibility index (Phi) is 9.16. The number of carbonyl (C=O) groups excluding carboxylic acids is 1. The van der Waals surface area contributed by atoms with Gasteiger partial charge in [0.1, 0.15) is 11.9 Å². The second kappa shape index (κ2) is 13.3.